The molecule has 188 valence electrons. The minimum atomic E-state index is -0.232. The van der Waals surface area contributed by atoms with Crippen molar-refractivity contribution in [2.45, 2.75) is 45.4 Å². The summed E-state index contributed by atoms with van der Waals surface area (Å²) in [6.07, 6.45) is 5.70. The van der Waals surface area contributed by atoms with Gasteiger partial charge in [0, 0.05) is 47.8 Å². The SMILES string of the molecule is Cc1c(C(=O)NN2CCCCC2)nn(-c2ccc(Cl)cc2Cl)c1-c1ccc(C#CCCCCO)cc1. The molecule has 0 saturated carbocycles. The second-order valence-corrected chi connectivity index (χ2v) is 9.72. The monoisotopic (exact) mass is 524 g/mol. The molecule has 2 heterocycles. The summed E-state index contributed by atoms with van der Waals surface area (Å²) < 4.78 is 1.72. The van der Waals surface area contributed by atoms with E-state index in [1.165, 1.54) is 6.42 Å². The second-order valence-electron chi connectivity index (χ2n) is 8.88. The number of halogens is 2. The number of nitrogens with one attached hydrogen (secondary N) is 1. The molecule has 1 aliphatic rings. The van der Waals surface area contributed by atoms with E-state index in [9.17, 15) is 4.79 Å². The Balaban J connectivity index is 1.69. The molecule has 0 aliphatic carbocycles. The summed E-state index contributed by atoms with van der Waals surface area (Å²) in [5.41, 5.74) is 7.36. The number of benzene rings is 2. The lowest BCUT2D eigenvalue weighted by Crippen LogP contribution is -2.45. The number of aliphatic hydroxyl groups excluding tert-OH is 1. The molecule has 0 spiro atoms. The average Bonchev–Trinajstić information content (AvgIpc) is 3.21. The molecule has 1 saturated heterocycles. The van der Waals surface area contributed by atoms with Crippen molar-refractivity contribution in [3.8, 4) is 28.8 Å². The van der Waals surface area contributed by atoms with Crippen molar-refractivity contribution in [3.05, 3.63) is 69.3 Å². The van der Waals surface area contributed by atoms with Crippen molar-refractivity contribution in [2.24, 2.45) is 0 Å². The van der Waals surface area contributed by atoms with Gasteiger partial charge in [0.25, 0.3) is 5.91 Å². The van der Waals surface area contributed by atoms with Gasteiger partial charge in [0.15, 0.2) is 5.69 Å². The molecule has 2 aromatic carbocycles. The highest BCUT2D eigenvalue weighted by atomic mass is 35.5. The van der Waals surface area contributed by atoms with Crippen LogP contribution in [0.5, 0.6) is 0 Å². The highest BCUT2D eigenvalue weighted by Crippen LogP contribution is 2.33. The van der Waals surface area contributed by atoms with E-state index in [0.717, 1.165) is 67.6 Å². The number of unbranched alkanes of at least 4 members (excludes halogenated alkanes) is 2. The number of hydrogen-bond donors (Lipinski definition) is 2. The molecule has 1 aliphatic heterocycles. The van der Waals surface area contributed by atoms with E-state index >= 15 is 0 Å². The van der Waals surface area contributed by atoms with Crippen LogP contribution in [-0.2, 0) is 0 Å². The van der Waals surface area contributed by atoms with Crippen LogP contribution in [0.15, 0.2) is 42.5 Å². The molecule has 8 heteroatoms. The summed E-state index contributed by atoms with van der Waals surface area (Å²) in [4.78, 5) is 13.2. The highest BCUT2D eigenvalue weighted by molar-refractivity contribution is 6.35. The number of aromatic nitrogens is 2. The molecule has 1 aromatic heterocycles. The van der Waals surface area contributed by atoms with Gasteiger partial charge in [-0.2, -0.15) is 5.10 Å². The summed E-state index contributed by atoms with van der Waals surface area (Å²) >= 11 is 12.7. The van der Waals surface area contributed by atoms with Crippen molar-refractivity contribution in [1.29, 1.82) is 0 Å². The Morgan fingerprint density at radius 2 is 1.83 bits per heavy atom. The first-order valence-corrected chi connectivity index (χ1v) is 13.0. The first-order chi connectivity index (χ1) is 17.5. The van der Waals surface area contributed by atoms with Gasteiger partial charge in [-0.05, 0) is 62.9 Å². The summed E-state index contributed by atoms with van der Waals surface area (Å²) in [5, 5.41) is 16.6. The first-order valence-electron chi connectivity index (χ1n) is 12.3. The van der Waals surface area contributed by atoms with Crippen molar-refractivity contribution in [3.63, 3.8) is 0 Å². The zero-order valence-corrected chi connectivity index (χ0v) is 21.9. The van der Waals surface area contributed by atoms with Gasteiger partial charge in [0.05, 0.1) is 16.4 Å². The fourth-order valence-corrected chi connectivity index (χ4v) is 4.77. The lowest BCUT2D eigenvalue weighted by Gasteiger charge is -2.26. The number of rotatable bonds is 7. The molecule has 4 rings (SSSR count). The largest absolute Gasteiger partial charge is 0.396 e. The maximum atomic E-state index is 13.2. The van der Waals surface area contributed by atoms with Crippen LogP contribution in [0.3, 0.4) is 0 Å². The van der Waals surface area contributed by atoms with Crippen LogP contribution in [0, 0.1) is 18.8 Å². The predicted octanol–water partition coefficient (Wildman–Crippen LogP) is 5.80. The van der Waals surface area contributed by atoms with Gasteiger partial charge in [-0.15, -0.1) is 0 Å². The lowest BCUT2D eigenvalue weighted by atomic mass is 10.0. The van der Waals surface area contributed by atoms with E-state index in [2.05, 4.69) is 17.3 Å². The zero-order valence-electron chi connectivity index (χ0n) is 20.4. The van der Waals surface area contributed by atoms with Gasteiger partial charge in [-0.25, -0.2) is 9.69 Å². The number of nitrogens with zero attached hydrogens (tertiary/aromatic N) is 3. The normalized spacial score (nSPS) is 13.8. The van der Waals surface area contributed by atoms with E-state index < -0.39 is 0 Å². The van der Waals surface area contributed by atoms with E-state index in [1.807, 2.05) is 36.2 Å². The van der Waals surface area contributed by atoms with Crippen molar-refractivity contribution in [1.82, 2.24) is 20.2 Å². The summed E-state index contributed by atoms with van der Waals surface area (Å²) in [6, 6.07) is 13.1. The molecule has 1 fully saturated rings. The molecule has 0 radical (unpaired) electrons. The minimum absolute atomic E-state index is 0.194. The van der Waals surface area contributed by atoms with Gasteiger partial charge >= 0.3 is 0 Å². The smallest absolute Gasteiger partial charge is 0.286 e. The summed E-state index contributed by atoms with van der Waals surface area (Å²) in [5.74, 6) is 6.08. The third-order valence-electron chi connectivity index (χ3n) is 6.19. The summed E-state index contributed by atoms with van der Waals surface area (Å²) in [6.45, 7) is 3.77. The Hall–Kier alpha value is -2.82. The van der Waals surface area contributed by atoms with E-state index in [0.29, 0.717) is 21.4 Å². The number of carbonyl (C=O) groups excluding carboxylic acids is 1. The van der Waals surface area contributed by atoms with E-state index in [1.54, 1.807) is 22.9 Å². The Bertz CT molecular complexity index is 1270. The maximum absolute atomic E-state index is 13.2. The molecule has 1 amide bonds. The van der Waals surface area contributed by atoms with Crippen LogP contribution in [0.1, 0.15) is 60.1 Å². The predicted molar refractivity (Wildman–Crippen MR) is 144 cm³/mol. The third-order valence-corrected chi connectivity index (χ3v) is 6.73. The Kier molecular flexibility index (Phi) is 9.06. The molecule has 0 unspecified atom stereocenters. The van der Waals surface area contributed by atoms with E-state index in [-0.39, 0.29) is 12.5 Å². The van der Waals surface area contributed by atoms with Crippen LogP contribution in [0.2, 0.25) is 10.0 Å². The third kappa shape index (κ3) is 6.29. The van der Waals surface area contributed by atoms with Crippen LogP contribution in [0.4, 0.5) is 0 Å². The number of piperidine rings is 1. The van der Waals surface area contributed by atoms with Gasteiger partial charge in [-0.3, -0.25) is 10.2 Å². The van der Waals surface area contributed by atoms with Crippen LogP contribution in [-0.4, -0.2) is 45.5 Å². The maximum Gasteiger partial charge on any atom is 0.286 e. The van der Waals surface area contributed by atoms with Crippen LogP contribution < -0.4 is 5.43 Å². The number of carbonyl (C=O) groups is 1. The fourth-order valence-electron chi connectivity index (χ4n) is 4.28. The number of amides is 1. The molecule has 0 atom stereocenters. The summed E-state index contributed by atoms with van der Waals surface area (Å²) in [7, 11) is 0. The first kappa shape index (κ1) is 26.2. The van der Waals surface area contributed by atoms with Crippen molar-refractivity contribution < 1.29 is 9.90 Å². The quantitative estimate of drug-likeness (QED) is 0.302. The van der Waals surface area contributed by atoms with Crippen LogP contribution >= 0.6 is 23.2 Å². The standard InChI is InChI=1S/C28H30Cl2N4O2/c1-20-26(28(36)32-33-16-6-4-7-17-33)31-34(25-15-14-23(29)19-24(25)30)27(20)22-12-10-21(11-13-22)9-5-2-3-8-18-35/h10-15,19,35H,2-4,6-8,16-18H2,1H3,(H,32,36). The van der Waals surface area contributed by atoms with Gasteiger partial charge < -0.3 is 5.11 Å². The number of hydrogen-bond acceptors (Lipinski definition) is 4. The Morgan fingerprint density at radius 1 is 1.08 bits per heavy atom. The van der Waals surface area contributed by atoms with Crippen molar-refractivity contribution >= 4 is 29.1 Å². The minimum Gasteiger partial charge on any atom is -0.396 e. The van der Waals surface area contributed by atoms with E-state index in [4.69, 9.17) is 33.4 Å². The van der Waals surface area contributed by atoms with Gasteiger partial charge in [0.1, 0.15) is 0 Å². The Labute approximate surface area is 222 Å². The fraction of sp³-hybridized carbons (Fsp3) is 0.357. The van der Waals surface area contributed by atoms with Gasteiger partial charge in [-0.1, -0.05) is 53.6 Å². The molecule has 2 N–H and O–H groups in total. The second kappa shape index (κ2) is 12.4. The topological polar surface area (TPSA) is 70.4 Å². The number of aliphatic hydroxyl groups is 1. The molecule has 0 bridgehead atoms. The number of hydrazine groups is 1. The lowest BCUT2D eigenvalue weighted by molar-refractivity contribution is 0.0743. The van der Waals surface area contributed by atoms with Crippen LogP contribution in [0.25, 0.3) is 16.9 Å². The average molecular weight is 525 g/mol. The molecule has 6 nitrogen and oxygen atoms in total. The molecular formula is C28H30Cl2N4O2. The zero-order chi connectivity index (χ0) is 25.5. The Morgan fingerprint density at radius 3 is 2.53 bits per heavy atom. The molecule has 36 heavy (non-hydrogen) atoms. The highest BCUT2D eigenvalue weighted by Gasteiger charge is 2.24. The van der Waals surface area contributed by atoms with Crippen molar-refractivity contribution in [2.75, 3.05) is 19.7 Å². The van der Waals surface area contributed by atoms with Gasteiger partial charge in [0.2, 0.25) is 0 Å². The molecule has 3 aromatic rings. The molecular weight excluding hydrogens is 495 g/mol.